The van der Waals surface area contributed by atoms with E-state index in [4.69, 9.17) is 5.41 Å². The van der Waals surface area contributed by atoms with Gasteiger partial charge in [-0.2, -0.15) is 13.2 Å². The Morgan fingerprint density at radius 2 is 2.14 bits per heavy atom. The van der Waals surface area contributed by atoms with Crippen LogP contribution in [0.25, 0.3) is 0 Å². The maximum atomic E-state index is 12.9. The maximum absolute atomic E-state index is 12.9. The van der Waals surface area contributed by atoms with Crippen molar-refractivity contribution in [2.24, 2.45) is 17.8 Å². The SMILES string of the molecule is CNc1nccn(CC2CC(C(F)(F)F)CCC2C)c1=N. The Morgan fingerprint density at radius 1 is 1.43 bits per heavy atom. The van der Waals surface area contributed by atoms with E-state index in [1.54, 1.807) is 24.0 Å². The third-order valence-electron chi connectivity index (χ3n) is 4.46. The predicted molar refractivity (Wildman–Crippen MR) is 73.7 cm³/mol. The molecular weight excluding hydrogens is 281 g/mol. The van der Waals surface area contributed by atoms with Gasteiger partial charge in [-0.25, -0.2) is 4.98 Å². The highest BCUT2D eigenvalue weighted by molar-refractivity contribution is 5.27. The second-order valence-corrected chi connectivity index (χ2v) is 5.82. The van der Waals surface area contributed by atoms with Gasteiger partial charge in [-0.3, -0.25) is 5.41 Å². The molecule has 1 aliphatic carbocycles. The molecule has 0 bridgehead atoms. The molecule has 3 unspecified atom stereocenters. The molecule has 1 fully saturated rings. The minimum Gasteiger partial charge on any atom is -0.370 e. The average molecular weight is 302 g/mol. The van der Waals surface area contributed by atoms with Crippen molar-refractivity contribution in [1.82, 2.24) is 9.55 Å². The van der Waals surface area contributed by atoms with E-state index >= 15 is 0 Å². The third kappa shape index (κ3) is 3.57. The molecule has 0 saturated heterocycles. The summed E-state index contributed by atoms with van der Waals surface area (Å²) < 4.78 is 40.4. The molecule has 2 N–H and O–H groups in total. The van der Waals surface area contributed by atoms with Gasteiger partial charge in [0, 0.05) is 26.0 Å². The van der Waals surface area contributed by atoms with Crippen molar-refractivity contribution in [1.29, 1.82) is 5.41 Å². The fourth-order valence-corrected chi connectivity index (χ4v) is 3.01. The highest BCUT2D eigenvalue weighted by atomic mass is 19.4. The lowest BCUT2D eigenvalue weighted by atomic mass is 9.74. The maximum Gasteiger partial charge on any atom is 0.391 e. The van der Waals surface area contributed by atoms with Crippen LogP contribution in [0.1, 0.15) is 26.2 Å². The molecule has 1 aliphatic rings. The van der Waals surface area contributed by atoms with E-state index in [-0.39, 0.29) is 30.2 Å². The Kier molecular flexibility index (Phi) is 4.58. The molecule has 0 aromatic carbocycles. The molecule has 1 aromatic rings. The van der Waals surface area contributed by atoms with Crippen molar-refractivity contribution in [3.8, 4) is 0 Å². The summed E-state index contributed by atoms with van der Waals surface area (Å²) in [6.45, 7) is 2.44. The summed E-state index contributed by atoms with van der Waals surface area (Å²) in [5, 5.41) is 10.8. The van der Waals surface area contributed by atoms with Gasteiger partial charge >= 0.3 is 6.18 Å². The molecule has 1 saturated carbocycles. The lowest BCUT2D eigenvalue weighted by Gasteiger charge is -2.35. The first kappa shape index (κ1) is 15.9. The van der Waals surface area contributed by atoms with E-state index in [1.165, 1.54) is 0 Å². The molecule has 2 rings (SSSR count). The van der Waals surface area contributed by atoms with Gasteiger partial charge in [0.05, 0.1) is 5.92 Å². The zero-order valence-corrected chi connectivity index (χ0v) is 12.2. The zero-order valence-electron chi connectivity index (χ0n) is 12.2. The third-order valence-corrected chi connectivity index (χ3v) is 4.46. The molecule has 0 amide bonds. The second-order valence-electron chi connectivity index (χ2n) is 5.82. The van der Waals surface area contributed by atoms with Crippen LogP contribution in [-0.4, -0.2) is 22.8 Å². The van der Waals surface area contributed by atoms with E-state index in [0.29, 0.717) is 18.8 Å². The summed E-state index contributed by atoms with van der Waals surface area (Å²) >= 11 is 0. The first-order chi connectivity index (χ1) is 9.82. The molecule has 1 heterocycles. The van der Waals surface area contributed by atoms with Gasteiger partial charge in [-0.05, 0) is 31.1 Å². The van der Waals surface area contributed by atoms with Crippen LogP contribution in [0, 0.1) is 23.2 Å². The number of nitrogens with zero attached hydrogens (tertiary/aromatic N) is 2. The largest absolute Gasteiger partial charge is 0.391 e. The van der Waals surface area contributed by atoms with E-state index in [1.807, 2.05) is 6.92 Å². The quantitative estimate of drug-likeness (QED) is 0.902. The normalized spacial score (nSPS) is 26.6. The topological polar surface area (TPSA) is 53.7 Å². The Morgan fingerprint density at radius 3 is 2.76 bits per heavy atom. The molecule has 7 heteroatoms. The predicted octanol–water partition coefficient (Wildman–Crippen LogP) is 3.02. The number of nitrogens with one attached hydrogen (secondary N) is 2. The van der Waals surface area contributed by atoms with E-state index < -0.39 is 12.1 Å². The van der Waals surface area contributed by atoms with Gasteiger partial charge in [-0.15, -0.1) is 0 Å². The van der Waals surface area contributed by atoms with Crippen LogP contribution in [0.2, 0.25) is 0 Å². The highest BCUT2D eigenvalue weighted by Crippen LogP contribution is 2.42. The number of aromatic nitrogens is 2. The summed E-state index contributed by atoms with van der Waals surface area (Å²) in [5.74, 6) is -0.597. The molecule has 0 aliphatic heterocycles. The number of halogens is 3. The summed E-state index contributed by atoms with van der Waals surface area (Å²) in [6, 6.07) is 0. The van der Waals surface area contributed by atoms with Crippen LogP contribution < -0.4 is 10.8 Å². The molecule has 1 aromatic heterocycles. The fourth-order valence-electron chi connectivity index (χ4n) is 3.01. The molecule has 0 radical (unpaired) electrons. The van der Waals surface area contributed by atoms with Crippen molar-refractivity contribution in [2.45, 2.75) is 38.9 Å². The van der Waals surface area contributed by atoms with Crippen LogP contribution in [0.3, 0.4) is 0 Å². The molecule has 21 heavy (non-hydrogen) atoms. The molecule has 118 valence electrons. The minimum atomic E-state index is -4.11. The Bertz CT molecular complexity index is 538. The number of hydrogen-bond donors (Lipinski definition) is 2. The van der Waals surface area contributed by atoms with Gasteiger partial charge < -0.3 is 9.88 Å². The number of anilines is 1. The first-order valence-electron chi connectivity index (χ1n) is 7.17. The summed E-state index contributed by atoms with van der Waals surface area (Å²) in [5.41, 5.74) is 0.210. The van der Waals surface area contributed by atoms with Gasteiger partial charge in [0.2, 0.25) is 0 Å². The lowest BCUT2D eigenvalue weighted by Crippen LogP contribution is -2.36. The summed E-state index contributed by atoms with van der Waals surface area (Å²) in [7, 11) is 1.67. The Hall–Kier alpha value is -1.53. The van der Waals surface area contributed by atoms with Crippen LogP contribution in [-0.2, 0) is 6.54 Å². The van der Waals surface area contributed by atoms with Crippen LogP contribution in [0.4, 0.5) is 19.0 Å². The molecule has 3 atom stereocenters. The van der Waals surface area contributed by atoms with Crippen molar-refractivity contribution < 1.29 is 13.2 Å². The molecule has 4 nitrogen and oxygen atoms in total. The molecular formula is C14H21F3N4. The fraction of sp³-hybridized carbons (Fsp3) is 0.714. The number of alkyl halides is 3. The van der Waals surface area contributed by atoms with Gasteiger partial charge in [0.1, 0.15) is 0 Å². The first-order valence-corrected chi connectivity index (χ1v) is 7.17. The van der Waals surface area contributed by atoms with Gasteiger partial charge in [0.25, 0.3) is 0 Å². The van der Waals surface area contributed by atoms with E-state index in [0.717, 1.165) is 0 Å². The zero-order chi connectivity index (χ0) is 15.6. The van der Waals surface area contributed by atoms with Gasteiger partial charge in [-0.1, -0.05) is 6.92 Å². The molecule has 0 spiro atoms. The van der Waals surface area contributed by atoms with Crippen molar-refractivity contribution in [3.63, 3.8) is 0 Å². The van der Waals surface area contributed by atoms with E-state index in [2.05, 4.69) is 10.3 Å². The smallest absolute Gasteiger partial charge is 0.370 e. The van der Waals surface area contributed by atoms with Crippen molar-refractivity contribution in [3.05, 3.63) is 17.9 Å². The second kappa shape index (κ2) is 6.07. The highest BCUT2D eigenvalue weighted by Gasteiger charge is 2.43. The van der Waals surface area contributed by atoms with Crippen LogP contribution in [0.15, 0.2) is 12.4 Å². The summed E-state index contributed by atoms with van der Waals surface area (Å²) in [6.07, 6.45) is 0.0750. The van der Waals surface area contributed by atoms with Crippen LogP contribution in [0.5, 0.6) is 0 Å². The number of hydrogen-bond acceptors (Lipinski definition) is 3. The van der Waals surface area contributed by atoms with Crippen molar-refractivity contribution >= 4 is 5.82 Å². The minimum absolute atomic E-state index is 0.0634. The number of rotatable bonds is 3. The summed E-state index contributed by atoms with van der Waals surface area (Å²) in [4.78, 5) is 4.02. The van der Waals surface area contributed by atoms with E-state index in [9.17, 15) is 13.2 Å². The van der Waals surface area contributed by atoms with Gasteiger partial charge in [0.15, 0.2) is 11.3 Å². The van der Waals surface area contributed by atoms with Crippen LogP contribution >= 0.6 is 0 Å². The van der Waals surface area contributed by atoms with Crippen molar-refractivity contribution in [2.75, 3.05) is 12.4 Å². The Labute approximate surface area is 121 Å². The average Bonchev–Trinajstić information content (AvgIpc) is 2.42. The lowest BCUT2D eigenvalue weighted by molar-refractivity contribution is -0.189. The monoisotopic (exact) mass is 302 g/mol. The standard InChI is InChI=1S/C14H21F3N4/c1-9-3-4-11(14(15,16)17)7-10(9)8-21-6-5-20-13(19-2)12(21)18/h5-6,9-11,18H,3-4,7-8H2,1-2H3,(H,19,20). The Balaban J connectivity index is 2.16.